The Labute approximate surface area is 179 Å². The second-order valence-electron chi connectivity index (χ2n) is 7.88. The number of carbonyl (C=O) groups is 1. The Morgan fingerprint density at radius 3 is 2.87 bits per heavy atom. The predicted octanol–water partition coefficient (Wildman–Crippen LogP) is 3.67. The van der Waals surface area contributed by atoms with Gasteiger partial charge in [-0.05, 0) is 38.0 Å². The van der Waals surface area contributed by atoms with Gasteiger partial charge >= 0.3 is 0 Å². The standard InChI is InChI=1S/C23H24N6O2/c1-3-20-21(15(2)27-31-20)19-7-4-6-18(26-19)16-8-12-28(13-9-16)23(30)17-14-25-29-11-5-10-24-22(17)29/h4-7,10-11,14,16H,3,8-9,12-13H2,1-2H3. The van der Waals surface area contributed by atoms with Gasteiger partial charge in [-0.1, -0.05) is 18.1 Å². The summed E-state index contributed by atoms with van der Waals surface area (Å²) in [5, 5.41) is 8.35. The number of pyridine rings is 1. The molecule has 4 aromatic heterocycles. The van der Waals surface area contributed by atoms with Crippen LogP contribution in [0.4, 0.5) is 0 Å². The zero-order valence-electron chi connectivity index (χ0n) is 17.7. The van der Waals surface area contributed by atoms with Crippen LogP contribution in [0.25, 0.3) is 16.9 Å². The number of rotatable bonds is 4. The van der Waals surface area contributed by atoms with Gasteiger partial charge in [0.05, 0.1) is 23.1 Å². The molecule has 0 aromatic carbocycles. The Morgan fingerprint density at radius 2 is 2.06 bits per heavy atom. The molecule has 0 radical (unpaired) electrons. The fourth-order valence-electron chi connectivity index (χ4n) is 4.33. The van der Waals surface area contributed by atoms with Crippen LogP contribution < -0.4 is 0 Å². The molecule has 0 aliphatic carbocycles. The van der Waals surface area contributed by atoms with Crippen molar-refractivity contribution in [2.24, 2.45) is 0 Å². The van der Waals surface area contributed by atoms with Crippen molar-refractivity contribution in [1.82, 2.24) is 29.6 Å². The maximum Gasteiger partial charge on any atom is 0.259 e. The molecular formula is C23H24N6O2. The molecule has 0 saturated carbocycles. The molecule has 0 unspecified atom stereocenters. The number of hydrogen-bond donors (Lipinski definition) is 0. The number of aromatic nitrogens is 5. The molecule has 8 nitrogen and oxygen atoms in total. The molecule has 0 N–H and O–H groups in total. The van der Waals surface area contributed by atoms with Crippen LogP contribution in [0.2, 0.25) is 0 Å². The van der Waals surface area contributed by atoms with Crippen molar-refractivity contribution < 1.29 is 9.32 Å². The highest BCUT2D eigenvalue weighted by atomic mass is 16.5. The van der Waals surface area contributed by atoms with Gasteiger partial charge in [-0.2, -0.15) is 5.10 Å². The first-order valence-corrected chi connectivity index (χ1v) is 10.7. The normalized spacial score (nSPS) is 15.0. The van der Waals surface area contributed by atoms with Crippen LogP contribution >= 0.6 is 0 Å². The number of nitrogens with zero attached hydrogens (tertiary/aromatic N) is 6. The maximum absolute atomic E-state index is 13.0. The molecule has 0 spiro atoms. The number of aryl methyl sites for hydroxylation is 2. The van der Waals surface area contributed by atoms with Crippen molar-refractivity contribution in [3.63, 3.8) is 0 Å². The molecule has 5 rings (SSSR count). The van der Waals surface area contributed by atoms with E-state index in [4.69, 9.17) is 9.51 Å². The van der Waals surface area contributed by atoms with E-state index in [2.05, 4.69) is 28.2 Å². The summed E-state index contributed by atoms with van der Waals surface area (Å²) in [4.78, 5) is 24.2. The molecule has 1 aliphatic heterocycles. The number of amides is 1. The summed E-state index contributed by atoms with van der Waals surface area (Å²) in [5.41, 5.74) is 4.98. The molecule has 1 fully saturated rings. The van der Waals surface area contributed by atoms with Crippen molar-refractivity contribution in [2.45, 2.75) is 39.0 Å². The molecule has 1 amide bonds. The van der Waals surface area contributed by atoms with Crippen LogP contribution in [-0.4, -0.2) is 48.6 Å². The number of likely N-dealkylation sites (tertiary alicyclic amines) is 1. The van der Waals surface area contributed by atoms with Crippen LogP contribution in [0.3, 0.4) is 0 Å². The van der Waals surface area contributed by atoms with Gasteiger partial charge in [0.1, 0.15) is 11.3 Å². The van der Waals surface area contributed by atoms with E-state index in [0.29, 0.717) is 30.2 Å². The topological polar surface area (TPSA) is 89.4 Å². The summed E-state index contributed by atoms with van der Waals surface area (Å²) >= 11 is 0. The smallest absolute Gasteiger partial charge is 0.259 e. The van der Waals surface area contributed by atoms with Crippen LogP contribution in [0.1, 0.15) is 53.2 Å². The molecular weight excluding hydrogens is 392 g/mol. The average Bonchev–Trinajstić information content (AvgIpc) is 3.42. The molecule has 8 heteroatoms. The quantitative estimate of drug-likeness (QED) is 0.504. The Bertz CT molecular complexity index is 1240. The van der Waals surface area contributed by atoms with Gasteiger partial charge in [0.2, 0.25) is 0 Å². The molecule has 158 valence electrons. The molecule has 0 bridgehead atoms. The van der Waals surface area contributed by atoms with Crippen molar-refractivity contribution in [1.29, 1.82) is 0 Å². The van der Waals surface area contributed by atoms with E-state index in [1.54, 1.807) is 29.2 Å². The van der Waals surface area contributed by atoms with Gasteiger partial charge in [0, 0.05) is 43.5 Å². The van der Waals surface area contributed by atoms with Gasteiger partial charge in [-0.15, -0.1) is 0 Å². The largest absolute Gasteiger partial charge is 0.360 e. The lowest BCUT2D eigenvalue weighted by Gasteiger charge is -2.31. The van der Waals surface area contributed by atoms with Crippen LogP contribution in [0.5, 0.6) is 0 Å². The summed E-state index contributed by atoms with van der Waals surface area (Å²) in [6.45, 7) is 5.38. The van der Waals surface area contributed by atoms with Crippen LogP contribution in [0, 0.1) is 6.92 Å². The van der Waals surface area contributed by atoms with E-state index in [1.807, 2.05) is 24.0 Å². The zero-order chi connectivity index (χ0) is 21.4. The summed E-state index contributed by atoms with van der Waals surface area (Å²) in [6.07, 6.45) is 7.61. The van der Waals surface area contributed by atoms with Gasteiger partial charge < -0.3 is 9.42 Å². The predicted molar refractivity (Wildman–Crippen MR) is 115 cm³/mol. The van der Waals surface area contributed by atoms with Crippen LogP contribution in [0.15, 0.2) is 47.4 Å². The summed E-state index contributed by atoms with van der Waals surface area (Å²) < 4.78 is 7.08. The van der Waals surface area contributed by atoms with Gasteiger partial charge in [0.15, 0.2) is 5.65 Å². The average molecular weight is 416 g/mol. The lowest BCUT2D eigenvalue weighted by atomic mass is 9.92. The molecule has 1 saturated heterocycles. The highest BCUT2D eigenvalue weighted by molar-refractivity contribution is 5.99. The maximum atomic E-state index is 13.0. The van der Waals surface area contributed by atoms with E-state index in [9.17, 15) is 4.79 Å². The molecule has 0 atom stereocenters. The number of carbonyl (C=O) groups excluding carboxylic acids is 1. The second kappa shape index (κ2) is 7.94. The van der Waals surface area contributed by atoms with E-state index in [0.717, 1.165) is 47.7 Å². The Balaban J connectivity index is 1.32. The first-order valence-electron chi connectivity index (χ1n) is 10.7. The second-order valence-corrected chi connectivity index (χ2v) is 7.88. The third kappa shape index (κ3) is 3.48. The molecule has 4 aromatic rings. The Kier molecular flexibility index (Phi) is 4.97. The highest BCUT2D eigenvalue weighted by Gasteiger charge is 2.27. The van der Waals surface area contributed by atoms with E-state index in [1.165, 1.54) is 0 Å². The van der Waals surface area contributed by atoms with Gasteiger partial charge in [0.25, 0.3) is 5.91 Å². The Morgan fingerprint density at radius 1 is 1.23 bits per heavy atom. The minimum absolute atomic E-state index is 0.0125. The fourth-order valence-corrected chi connectivity index (χ4v) is 4.33. The van der Waals surface area contributed by atoms with Gasteiger partial charge in [-0.3, -0.25) is 9.78 Å². The number of piperidine rings is 1. The molecule has 1 aliphatic rings. The van der Waals surface area contributed by atoms with Crippen LogP contribution in [-0.2, 0) is 6.42 Å². The van der Waals surface area contributed by atoms with Crippen molar-refractivity contribution >= 4 is 11.6 Å². The SMILES string of the molecule is CCc1onc(C)c1-c1cccc(C2CCN(C(=O)c3cnn4cccnc34)CC2)n1. The highest BCUT2D eigenvalue weighted by Crippen LogP contribution is 2.31. The third-order valence-corrected chi connectivity index (χ3v) is 5.99. The fraction of sp³-hybridized carbons (Fsp3) is 0.348. The molecule has 31 heavy (non-hydrogen) atoms. The lowest BCUT2D eigenvalue weighted by Crippen LogP contribution is -2.38. The summed E-state index contributed by atoms with van der Waals surface area (Å²) in [7, 11) is 0. The number of fused-ring (bicyclic) bond motifs is 1. The van der Waals surface area contributed by atoms with Gasteiger partial charge in [-0.25, -0.2) is 9.50 Å². The first-order chi connectivity index (χ1) is 15.2. The third-order valence-electron chi connectivity index (χ3n) is 5.99. The number of hydrogen-bond acceptors (Lipinski definition) is 6. The van der Waals surface area contributed by atoms with Crippen molar-refractivity contribution in [3.8, 4) is 11.3 Å². The van der Waals surface area contributed by atoms with E-state index >= 15 is 0 Å². The monoisotopic (exact) mass is 416 g/mol. The van der Waals surface area contributed by atoms with E-state index < -0.39 is 0 Å². The minimum Gasteiger partial charge on any atom is -0.360 e. The van der Waals surface area contributed by atoms with E-state index in [-0.39, 0.29) is 5.91 Å². The summed E-state index contributed by atoms with van der Waals surface area (Å²) in [5.74, 6) is 1.17. The molecule has 5 heterocycles. The minimum atomic E-state index is -0.0125. The zero-order valence-corrected chi connectivity index (χ0v) is 17.7. The van der Waals surface area contributed by atoms with Crippen molar-refractivity contribution in [3.05, 3.63) is 65.6 Å². The van der Waals surface area contributed by atoms with Crippen molar-refractivity contribution in [2.75, 3.05) is 13.1 Å². The first kappa shape index (κ1) is 19.4. The summed E-state index contributed by atoms with van der Waals surface area (Å²) in [6, 6.07) is 7.94. The lowest BCUT2D eigenvalue weighted by molar-refractivity contribution is 0.0714. The Hall–Kier alpha value is -3.55.